The van der Waals surface area contributed by atoms with Gasteiger partial charge in [-0.3, -0.25) is 0 Å². The van der Waals surface area contributed by atoms with Crippen molar-refractivity contribution in [2.45, 2.75) is 13.1 Å². The zero-order valence-electron chi connectivity index (χ0n) is 15.3. The van der Waals surface area contributed by atoms with Crippen molar-refractivity contribution in [2.75, 3.05) is 36.5 Å². The molecule has 0 saturated carbocycles. The minimum Gasteiger partial charge on any atom is -0.378 e. The van der Waals surface area contributed by atoms with Gasteiger partial charge in [0.05, 0.1) is 18.7 Å². The molecule has 0 unspecified atom stereocenters. The van der Waals surface area contributed by atoms with Gasteiger partial charge in [0, 0.05) is 29.9 Å². The number of alkyl halides is 3. The molecule has 0 spiro atoms. The van der Waals surface area contributed by atoms with Gasteiger partial charge in [-0.05, 0) is 43.3 Å². The Morgan fingerprint density at radius 2 is 1.71 bits per heavy atom. The molecule has 2 aromatic carbocycles. The molecule has 28 heavy (non-hydrogen) atoms. The fraction of sp³-hybridized carbons (Fsp3) is 0.300. The number of aryl methyl sites for hydroxylation is 1. The van der Waals surface area contributed by atoms with Gasteiger partial charge in [0.25, 0.3) is 0 Å². The van der Waals surface area contributed by atoms with E-state index in [4.69, 9.17) is 4.74 Å². The predicted octanol–water partition coefficient (Wildman–Crippen LogP) is 4.54. The third-order valence-corrected chi connectivity index (χ3v) is 4.61. The number of hydrogen-bond acceptors (Lipinski definition) is 5. The van der Waals surface area contributed by atoms with Crippen LogP contribution in [0.4, 0.5) is 30.4 Å². The minimum atomic E-state index is -4.62. The molecule has 0 atom stereocenters. The SMILES string of the molecule is Cc1ccc2nc(C(F)(F)F)nc(Nc3ccc(N4CCOCC4)cc3)c2c1. The fourth-order valence-electron chi connectivity index (χ4n) is 3.18. The van der Waals surface area contributed by atoms with Crippen molar-refractivity contribution in [3.8, 4) is 0 Å². The number of anilines is 3. The quantitative estimate of drug-likeness (QED) is 0.714. The van der Waals surface area contributed by atoms with Crippen LogP contribution in [0, 0.1) is 6.92 Å². The summed E-state index contributed by atoms with van der Waals surface area (Å²) in [4.78, 5) is 9.62. The molecule has 5 nitrogen and oxygen atoms in total. The van der Waals surface area contributed by atoms with Crippen LogP contribution < -0.4 is 10.2 Å². The zero-order chi connectivity index (χ0) is 19.7. The molecule has 1 aliphatic heterocycles. The molecular formula is C20H19F3N4O. The summed E-state index contributed by atoms with van der Waals surface area (Å²) >= 11 is 0. The van der Waals surface area contributed by atoms with E-state index in [1.54, 1.807) is 18.2 Å². The van der Waals surface area contributed by atoms with E-state index in [0.29, 0.717) is 24.3 Å². The number of aromatic nitrogens is 2. The number of hydrogen-bond donors (Lipinski definition) is 1. The highest BCUT2D eigenvalue weighted by Gasteiger charge is 2.35. The van der Waals surface area contributed by atoms with E-state index in [-0.39, 0.29) is 11.3 Å². The second kappa shape index (κ2) is 7.27. The van der Waals surface area contributed by atoms with Gasteiger partial charge in [0.15, 0.2) is 0 Å². The third kappa shape index (κ3) is 3.87. The van der Waals surface area contributed by atoms with Crippen molar-refractivity contribution >= 4 is 28.1 Å². The average molecular weight is 388 g/mol. The molecule has 0 bridgehead atoms. The van der Waals surface area contributed by atoms with Gasteiger partial charge in [0.2, 0.25) is 5.82 Å². The summed E-state index contributed by atoms with van der Waals surface area (Å²) in [6, 6.07) is 12.6. The Balaban J connectivity index is 1.67. The van der Waals surface area contributed by atoms with Gasteiger partial charge in [-0.25, -0.2) is 9.97 Å². The number of rotatable bonds is 3. The zero-order valence-corrected chi connectivity index (χ0v) is 15.3. The van der Waals surface area contributed by atoms with Crippen LogP contribution in [0.5, 0.6) is 0 Å². The van der Waals surface area contributed by atoms with E-state index in [0.717, 1.165) is 24.3 Å². The van der Waals surface area contributed by atoms with Crippen LogP contribution in [0.3, 0.4) is 0 Å². The molecule has 1 aromatic heterocycles. The van der Waals surface area contributed by atoms with Crippen LogP contribution in [0.2, 0.25) is 0 Å². The number of halogens is 3. The molecule has 1 fully saturated rings. The Morgan fingerprint density at radius 1 is 1.00 bits per heavy atom. The van der Waals surface area contributed by atoms with Crippen molar-refractivity contribution in [3.63, 3.8) is 0 Å². The highest BCUT2D eigenvalue weighted by atomic mass is 19.4. The first-order chi connectivity index (χ1) is 13.4. The van der Waals surface area contributed by atoms with E-state index < -0.39 is 12.0 Å². The molecule has 1 N–H and O–H groups in total. The number of fused-ring (bicyclic) bond motifs is 1. The lowest BCUT2D eigenvalue weighted by Crippen LogP contribution is -2.36. The first-order valence-electron chi connectivity index (χ1n) is 8.95. The number of morpholine rings is 1. The Morgan fingerprint density at radius 3 is 2.39 bits per heavy atom. The van der Waals surface area contributed by atoms with Crippen LogP contribution in [0.15, 0.2) is 42.5 Å². The smallest absolute Gasteiger partial charge is 0.378 e. The maximum atomic E-state index is 13.2. The molecule has 0 amide bonds. The predicted molar refractivity (Wildman–Crippen MR) is 102 cm³/mol. The first kappa shape index (κ1) is 18.5. The number of nitrogens with one attached hydrogen (secondary N) is 1. The summed E-state index contributed by atoms with van der Waals surface area (Å²) in [7, 11) is 0. The first-order valence-corrected chi connectivity index (χ1v) is 8.95. The number of nitrogens with zero attached hydrogens (tertiary/aromatic N) is 3. The van der Waals surface area contributed by atoms with Crippen LogP contribution >= 0.6 is 0 Å². The van der Waals surface area contributed by atoms with E-state index in [1.165, 1.54) is 0 Å². The van der Waals surface area contributed by atoms with Crippen molar-refractivity contribution in [3.05, 3.63) is 53.9 Å². The Labute approximate surface area is 160 Å². The molecule has 1 aliphatic rings. The largest absolute Gasteiger partial charge is 0.451 e. The van der Waals surface area contributed by atoms with Crippen LogP contribution in [0.25, 0.3) is 10.9 Å². The van der Waals surface area contributed by atoms with Gasteiger partial charge in [0.1, 0.15) is 5.82 Å². The summed E-state index contributed by atoms with van der Waals surface area (Å²) in [6.45, 7) is 4.88. The highest BCUT2D eigenvalue weighted by molar-refractivity contribution is 5.91. The highest BCUT2D eigenvalue weighted by Crippen LogP contribution is 2.32. The normalized spacial score (nSPS) is 15.1. The van der Waals surface area contributed by atoms with Crippen molar-refractivity contribution in [1.29, 1.82) is 0 Å². The Kier molecular flexibility index (Phi) is 4.80. The second-order valence-corrected chi connectivity index (χ2v) is 6.69. The molecule has 1 saturated heterocycles. The molecule has 3 aromatic rings. The number of ether oxygens (including phenoxy) is 1. The van der Waals surface area contributed by atoms with Crippen molar-refractivity contribution in [1.82, 2.24) is 9.97 Å². The van der Waals surface area contributed by atoms with Gasteiger partial charge in [-0.15, -0.1) is 0 Å². The van der Waals surface area contributed by atoms with Crippen LogP contribution in [-0.4, -0.2) is 36.3 Å². The summed E-state index contributed by atoms with van der Waals surface area (Å²) < 4.78 is 45.0. The lowest BCUT2D eigenvalue weighted by Gasteiger charge is -2.29. The minimum absolute atomic E-state index is 0.139. The van der Waals surface area contributed by atoms with Gasteiger partial charge < -0.3 is 15.0 Å². The molecule has 146 valence electrons. The van der Waals surface area contributed by atoms with E-state index in [9.17, 15) is 13.2 Å². The molecule has 8 heteroatoms. The summed E-state index contributed by atoms with van der Waals surface area (Å²) in [6.07, 6.45) is -4.62. The molecule has 4 rings (SSSR count). The van der Waals surface area contributed by atoms with Crippen LogP contribution in [0.1, 0.15) is 11.4 Å². The summed E-state index contributed by atoms with van der Waals surface area (Å²) in [5.74, 6) is -1.02. The summed E-state index contributed by atoms with van der Waals surface area (Å²) in [5, 5.41) is 3.57. The average Bonchev–Trinajstić information content (AvgIpc) is 2.69. The Bertz CT molecular complexity index is 983. The Hall–Kier alpha value is -2.87. The van der Waals surface area contributed by atoms with Gasteiger partial charge in [-0.1, -0.05) is 11.6 Å². The van der Waals surface area contributed by atoms with Crippen molar-refractivity contribution < 1.29 is 17.9 Å². The standard InChI is InChI=1S/C20H19F3N4O/c1-13-2-7-17-16(12-13)18(26-19(25-17)20(21,22)23)24-14-3-5-15(6-4-14)27-8-10-28-11-9-27/h2-7,12H,8-11H2,1H3,(H,24,25,26). The molecule has 2 heterocycles. The topological polar surface area (TPSA) is 50.3 Å². The maximum Gasteiger partial charge on any atom is 0.451 e. The van der Waals surface area contributed by atoms with Gasteiger partial charge in [-0.2, -0.15) is 13.2 Å². The monoisotopic (exact) mass is 388 g/mol. The van der Waals surface area contributed by atoms with Crippen LogP contribution in [-0.2, 0) is 10.9 Å². The fourth-order valence-corrected chi connectivity index (χ4v) is 3.18. The van der Waals surface area contributed by atoms with Gasteiger partial charge >= 0.3 is 6.18 Å². The van der Waals surface area contributed by atoms with E-state index in [2.05, 4.69) is 20.2 Å². The maximum absolute atomic E-state index is 13.2. The van der Waals surface area contributed by atoms with E-state index >= 15 is 0 Å². The lowest BCUT2D eigenvalue weighted by molar-refractivity contribution is -0.144. The third-order valence-electron chi connectivity index (χ3n) is 4.61. The molecular weight excluding hydrogens is 369 g/mol. The van der Waals surface area contributed by atoms with E-state index in [1.807, 2.05) is 31.2 Å². The second-order valence-electron chi connectivity index (χ2n) is 6.69. The lowest BCUT2D eigenvalue weighted by atomic mass is 10.1. The number of benzene rings is 2. The van der Waals surface area contributed by atoms with Crippen molar-refractivity contribution in [2.24, 2.45) is 0 Å². The summed E-state index contributed by atoms with van der Waals surface area (Å²) in [5.41, 5.74) is 2.88. The molecule has 0 radical (unpaired) electrons. The molecule has 0 aliphatic carbocycles.